The van der Waals surface area contributed by atoms with Crippen molar-refractivity contribution in [2.45, 2.75) is 38.8 Å². The fraction of sp³-hybridized carbons (Fsp3) is 0.286. The van der Waals surface area contributed by atoms with Gasteiger partial charge in [-0.15, -0.1) is 0 Å². The summed E-state index contributed by atoms with van der Waals surface area (Å²) in [6.07, 6.45) is -2.03. The fourth-order valence-electron chi connectivity index (χ4n) is 3.11. The second kappa shape index (κ2) is 9.93. The van der Waals surface area contributed by atoms with Gasteiger partial charge >= 0.3 is 17.8 Å². The number of carboxylic acids is 2. The van der Waals surface area contributed by atoms with Gasteiger partial charge in [0.15, 0.2) is 6.10 Å². The Balaban J connectivity index is 2.37. The lowest BCUT2D eigenvalue weighted by molar-refractivity contribution is -0.151. The van der Waals surface area contributed by atoms with Gasteiger partial charge in [-0.2, -0.15) is 0 Å². The van der Waals surface area contributed by atoms with Crippen molar-refractivity contribution in [3.8, 4) is 11.1 Å². The molecule has 0 saturated heterocycles. The Bertz CT molecular complexity index is 992. The third kappa shape index (κ3) is 5.95. The molecule has 1 amide bonds. The van der Waals surface area contributed by atoms with Crippen LogP contribution in [0.4, 0.5) is 0 Å². The molecule has 0 saturated carbocycles. The van der Waals surface area contributed by atoms with Gasteiger partial charge in [-0.25, -0.2) is 9.59 Å². The van der Waals surface area contributed by atoms with Crippen molar-refractivity contribution >= 4 is 41.0 Å². The molecule has 30 heavy (non-hydrogen) atoms. The smallest absolute Gasteiger partial charge is 0.394 e. The molecule has 2 rings (SSSR count). The lowest BCUT2D eigenvalue weighted by Gasteiger charge is -2.21. The molecule has 0 aliphatic rings. The monoisotopic (exact) mass is 453 g/mol. The van der Waals surface area contributed by atoms with E-state index < -0.39 is 30.0 Å². The van der Waals surface area contributed by atoms with Gasteiger partial charge in [-0.1, -0.05) is 29.3 Å². The Morgan fingerprint density at radius 3 is 2.27 bits per heavy atom. The molecule has 0 aliphatic carbocycles. The first kappa shape index (κ1) is 23.7. The minimum atomic E-state index is -1.76. The molecule has 160 valence electrons. The van der Waals surface area contributed by atoms with Crippen molar-refractivity contribution in [2.24, 2.45) is 0 Å². The van der Waals surface area contributed by atoms with E-state index in [1.54, 1.807) is 18.2 Å². The van der Waals surface area contributed by atoms with Gasteiger partial charge in [0.25, 0.3) is 0 Å². The molecule has 0 fully saturated rings. The van der Waals surface area contributed by atoms with Crippen LogP contribution in [0.5, 0.6) is 0 Å². The molecule has 0 heterocycles. The zero-order chi connectivity index (χ0) is 22.6. The van der Waals surface area contributed by atoms with Gasteiger partial charge in [-0.3, -0.25) is 4.79 Å². The molecular weight excluding hydrogens is 433 g/mol. The van der Waals surface area contributed by atoms with Gasteiger partial charge in [0, 0.05) is 28.1 Å². The van der Waals surface area contributed by atoms with E-state index in [1.165, 1.54) is 0 Å². The van der Waals surface area contributed by atoms with Crippen molar-refractivity contribution in [1.29, 1.82) is 0 Å². The molecule has 0 aromatic heterocycles. The average molecular weight is 454 g/mol. The first-order valence-electron chi connectivity index (χ1n) is 8.99. The maximum Gasteiger partial charge on any atom is 0.394 e. The van der Waals surface area contributed by atoms with Gasteiger partial charge in [0.05, 0.1) is 0 Å². The van der Waals surface area contributed by atoms with Gasteiger partial charge in [-0.05, 0) is 66.8 Å². The normalized spacial score (nSPS) is 12.8. The standard InChI is InChI=1S/C21H21Cl2NO6/c1-10-3-4-13(22)8-15(10)16-5-11(2)12(7-17(16)23)6-14(9-18(25)20(27)28)24-19(26)21(29)30/h3-5,7-8,14,18,25H,6,9H2,1-2H3,(H,24,26)(H,27,28)(H,29,30). The maximum atomic E-state index is 11.6. The van der Waals surface area contributed by atoms with E-state index >= 15 is 0 Å². The maximum absolute atomic E-state index is 11.6. The first-order chi connectivity index (χ1) is 14.0. The van der Waals surface area contributed by atoms with Crippen molar-refractivity contribution in [3.05, 3.63) is 57.1 Å². The van der Waals surface area contributed by atoms with Gasteiger partial charge in [0.2, 0.25) is 0 Å². The number of benzene rings is 2. The molecule has 2 unspecified atom stereocenters. The van der Waals surface area contributed by atoms with Crippen LogP contribution in [0.25, 0.3) is 11.1 Å². The number of hydrogen-bond donors (Lipinski definition) is 4. The Kier molecular flexibility index (Phi) is 7.83. The van der Waals surface area contributed by atoms with Crippen molar-refractivity contribution in [2.75, 3.05) is 0 Å². The van der Waals surface area contributed by atoms with E-state index in [-0.39, 0.29) is 12.8 Å². The number of aryl methyl sites for hydroxylation is 2. The molecule has 0 spiro atoms. The minimum Gasteiger partial charge on any atom is -0.479 e. The molecule has 7 nitrogen and oxygen atoms in total. The van der Waals surface area contributed by atoms with Crippen molar-refractivity contribution < 1.29 is 29.7 Å². The van der Waals surface area contributed by atoms with Crippen LogP contribution < -0.4 is 5.32 Å². The SMILES string of the molecule is Cc1cc(-c2cc(Cl)ccc2C)c(Cl)cc1CC(CC(O)C(=O)O)NC(=O)C(=O)O. The number of rotatable bonds is 7. The van der Waals surface area contributed by atoms with Crippen LogP contribution in [0.1, 0.15) is 23.1 Å². The molecule has 2 atom stereocenters. The number of carbonyl (C=O) groups is 3. The van der Waals surface area contributed by atoms with Crippen LogP contribution >= 0.6 is 23.2 Å². The molecule has 9 heteroatoms. The van der Waals surface area contributed by atoms with E-state index in [2.05, 4.69) is 5.32 Å². The quantitative estimate of drug-likeness (QED) is 0.477. The summed E-state index contributed by atoms with van der Waals surface area (Å²) in [7, 11) is 0. The molecule has 2 aromatic rings. The highest BCUT2D eigenvalue weighted by Crippen LogP contribution is 2.34. The van der Waals surface area contributed by atoms with E-state index in [0.29, 0.717) is 15.6 Å². The lowest BCUT2D eigenvalue weighted by atomic mass is 9.92. The van der Waals surface area contributed by atoms with Crippen LogP contribution in [0.3, 0.4) is 0 Å². The largest absolute Gasteiger partial charge is 0.479 e. The summed E-state index contributed by atoms with van der Waals surface area (Å²) < 4.78 is 0. The van der Waals surface area contributed by atoms with Crippen LogP contribution in [0.15, 0.2) is 30.3 Å². The summed E-state index contributed by atoms with van der Waals surface area (Å²) in [5.41, 5.74) is 4.07. The molecule has 4 N–H and O–H groups in total. The van der Waals surface area contributed by atoms with E-state index in [9.17, 15) is 19.5 Å². The van der Waals surface area contributed by atoms with Gasteiger partial charge in [0.1, 0.15) is 0 Å². The minimum absolute atomic E-state index is 0.0870. The van der Waals surface area contributed by atoms with Crippen LogP contribution in [0.2, 0.25) is 10.0 Å². The average Bonchev–Trinajstić information content (AvgIpc) is 2.66. The predicted molar refractivity (Wildman–Crippen MR) is 113 cm³/mol. The Labute approximate surface area is 183 Å². The Hall–Kier alpha value is -2.61. The van der Waals surface area contributed by atoms with Crippen LogP contribution in [-0.4, -0.2) is 45.3 Å². The number of aliphatic hydroxyl groups is 1. The van der Waals surface area contributed by atoms with Crippen LogP contribution in [-0.2, 0) is 20.8 Å². The number of aliphatic carboxylic acids is 2. The number of hydrogen-bond acceptors (Lipinski definition) is 4. The third-order valence-corrected chi connectivity index (χ3v) is 5.25. The second-order valence-corrected chi connectivity index (χ2v) is 7.83. The summed E-state index contributed by atoms with van der Waals surface area (Å²) in [5.74, 6) is -4.45. The molecule has 0 bridgehead atoms. The second-order valence-electron chi connectivity index (χ2n) is 6.99. The third-order valence-electron chi connectivity index (χ3n) is 4.70. The highest BCUT2D eigenvalue weighted by Gasteiger charge is 2.25. The number of halogens is 2. The van der Waals surface area contributed by atoms with Crippen molar-refractivity contribution in [1.82, 2.24) is 5.32 Å². The summed E-state index contributed by atoms with van der Waals surface area (Å²) in [5, 5.41) is 30.6. The molecule has 0 radical (unpaired) electrons. The number of carbonyl (C=O) groups excluding carboxylic acids is 1. The lowest BCUT2D eigenvalue weighted by Crippen LogP contribution is -2.43. The summed E-state index contributed by atoms with van der Waals surface area (Å²) >= 11 is 12.6. The first-order valence-corrected chi connectivity index (χ1v) is 9.75. The summed E-state index contributed by atoms with van der Waals surface area (Å²) in [6.45, 7) is 3.74. The van der Waals surface area contributed by atoms with Crippen LogP contribution in [0, 0.1) is 13.8 Å². The van der Waals surface area contributed by atoms with E-state index in [1.807, 2.05) is 26.0 Å². The van der Waals surface area contributed by atoms with E-state index in [4.69, 9.17) is 33.4 Å². The molecule has 2 aromatic carbocycles. The highest BCUT2D eigenvalue weighted by atomic mass is 35.5. The van der Waals surface area contributed by atoms with Crippen molar-refractivity contribution in [3.63, 3.8) is 0 Å². The topological polar surface area (TPSA) is 124 Å². The van der Waals surface area contributed by atoms with Gasteiger partial charge < -0.3 is 20.6 Å². The highest BCUT2D eigenvalue weighted by molar-refractivity contribution is 6.34. The zero-order valence-electron chi connectivity index (χ0n) is 16.3. The number of amides is 1. The summed E-state index contributed by atoms with van der Waals surface area (Å²) in [6, 6.07) is 8.06. The number of nitrogens with one attached hydrogen (secondary N) is 1. The molecule has 0 aliphatic heterocycles. The fourth-order valence-corrected chi connectivity index (χ4v) is 3.57. The predicted octanol–water partition coefficient (Wildman–Crippen LogP) is 3.22. The molecular formula is C21H21Cl2NO6. The Morgan fingerprint density at radius 1 is 1.00 bits per heavy atom. The number of carboxylic acid groups (broad SMARTS) is 2. The number of aliphatic hydroxyl groups excluding tert-OH is 1. The van der Waals surface area contributed by atoms with E-state index in [0.717, 1.165) is 22.3 Å². The zero-order valence-corrected chi connectivity index (χ0v) is 17.8. The summed E-state index contributed by atoms with van der Waals surface area (Å²) in [4.78, 5) is 33.4. The Morgan fingerprint density at radius 2 is 1.67 bits per heavy atom.